The largest absolute Gasteiger partial charge is 0.394 e. The molecular weight excluding hydrogens is 144 g/mol. The number of aliphatic hydroxyl groups excluding tert-OH is 1. The first kappa shape index (κ1) is 10.9. The van der Waals surface area contributed by atoms with E-state index < -0.39 is 0 Å². The molecule has 1 atom stereocenters. The van der Waals surface area contributed by atoms with Crippen LogP contribution in [0, 0.1) is 0 Å². The average Bonchev–Trinajstić information content (AvgIpc) is 1.97. The molecule has 0 aromatic carbocycles. The third kappa shape index (κ3) is 7.78. The minimum absolute atomic E-state index is 0.0711. The van der Waals surface area contributed by atoms with Crippen molar-refractivity contribution < 1.29 is 14.6 Å². The molecule has 3 heteroatoms. The van der Waals surface area contributed by atoms with Gasteiger partial charge in [-0.3, -0.25) is 0 Å². The smallest absolute Gasteiger partial charge is 0.0778 e. The van der Waals surface area contributed by atoms with Crippen LogP contribution in [0.2, 0.25) is 0 Å². The molecule has 0 spiro atoms. The summed E-state index contributed by atoms with van der Waals surface area (Å²) in [5.41, 5.74) is 0. The van der Waals surface area contributed by atoms with Crippen LogP contribution in [0.15, 0.2) is 0 Å². The van der Waals surface area contributed by atoms with Gasteiger partial charge in [-0.1, -0.05) is 0 Å². The molecule has 0 amide bonds. The lowest BCUT2D eigenvalue weighted by atomic mass is 10.4. The molecule has 0 aliphatic carbocycles. The number of hydrogen-bond acceptors (Lipinski definition) is 3. The van der Waals surface area contributed by atoms with Crippen LogP contribution in [0.25, 0.3) is 0 Å². The first-order chi connectivity index (χ1) is 5.16. The van der Waals surface area contributed by atoms with Gasteiger partial charge in [-0.05, 0) is 20.8 Å². The Morgan fingerprint density at radius 3 is 2.09 bits per heavy atom. The Labute approximate surface area is 68.3 Å². The zero-order valence-corrected chi connectivity index (χ0v) is 7.54. The summed E-state index contributed by atoms with van der Waals surface area (Å²) in [4.78, 5) is 0. The van der Waals surface area contributed by atoms with Crippen molar-refractivity contribution in [3.63, 3.8) is 0 Å². The van der Waals surface area contributed by atoms with Crippen molar-refractivity contribution in [2.75, 3.05) is 19.8 Å². The first-order valence-corrected chi connectivity index (χ1v) is 4.01. The Balaban J connectivity index is 3.01. The zero-order valence-electron chi connectivity index (χ0n) is 7.54. The molecule has 0 saturated carbocycles. The fourth-order valence-electron chi connectivity index (χ4n) is 0.586. The molecule has 0 fully saturated rings. The molecule has 0 aliphatic heterocycles. The van der Waals surface area contributed by atoms with E-state index in [4.69, 9.17) is 14.6 Å². The first-order valence-electron chi connectivity index (χ1n) is 4.01. The fraction of sp³-hybridized carbons (Fsp3) is 1.00. The van der Waals surface area contributed by atoms with Gasteiger partial charge in [0.25, 0.3) is 0 Å². The maximum absolute atomic E-state index is 8.58. The topological polar surface area (TPSA) is 38.7 Å². The van der Waals surface area contributed by atoms with Crippen LogP contribution in [-0.2, 0) is 9.47 Å². The number of aliphatic hydroxyl groups is 1. The zero-order chi connectivity index (χ0) is 8.69. The third-order valence-corrected chi connectivity index (χ3v) is 1.19. The molecule has 68 valence electrons. The number of ether oxygens (including phenoxy) is 2. The molecule has 0 saturated heterocycles. The van der Waals surface area contributed by atoms with Crippen LogP contribution in [0.4, 0.5) is 0 Å². The second-order valence-electron chi connectivity index (χ2n) is 2.78. The van der Waals surface area contributed by atoms with E-state index in [-0.39, 0.29) is 18.8 Å². The predicted octanol–water partition coefficient (Wildman–Crippen LogP) is 0.809. The lowest BCUT2D eigenvalue weighted by molar-refractivity contribution is -0.0236. The Hall–Kier alpha value is -0.120. The van der Waals surface area contributed by atoms with Crippen LogP contribution in [0.1, 0.15) is 20.8 Å². The normalized spacial score (nSPS) is 13.9. The third-order valence-electron chi connectivity index (χ3n) is 1.19. The van der Waals surface area contributed by atoms with Crippen LogP contribution < -0.4 is 0 Å². The molecule has 0 aromatic rings. The SMILES string of the molecule is CC(C)OCCOC(C)CO. The fourth-order valence-corrected chi connectivity index (χ4v) is 0.586. The summed E-state index contributed by atoms with van der Waals surface area (Å²) in [6, 6.07) is 0. The maximum Gasteiger partial charge on any atom is 0.0778 e. The van der Waals surface area contributed by atoms with Gasteiger partial charge in [0.2, 0.25) is 0 Å². The van der Waals surface area contributed by atoms with Crippen molar-refractivity contribution in [1.29, 1.82) is 0 Å². The number of rotatable bonds is 6. The van der Waals surface area contributed by atoms with Crippen molar-refractivity contribution >= 4 is 0 Å². The summed E-state index contributed by atoms with van der Waals surface area (Å²) in [5, 5.41) is 8.58. The van der Waals surface area contributed by atoms with Crippen LogP contribution in [0.5, 0.6) is 0 Å². The van der Waals surface area contributed by atoms with Crippen LogP contribution >= 0.6 is 0 Å². The molecule has 0 aliphatic rings. The van der Waals surface area contributed by atoms with E-state index in [1.807, 2.05) is 20.8 Å². The summed E-state index contributed by atoms with van der Waals surface area (Å²) in [6.45, 7) is 7.02. The predicted molar refractivity (Wildman–Crippen MR) is 43.6 cm³/mol. The van der Waals surface area contributed by atoms with E-state index in [0.29, 0.717) is 13.2 Å². The summed E-state index contributed by atoms with van der Waals surface area (Å²) in [6.07, 6.45) is 0.175. The highest BCUT2D eigenvalue weighted by molar-refractivity contribution is 4.44. The average molecular weight is 162 g/mol. The Bertz CT molecular complexity index is 83.4. The van der Waals surface area contributed by atoms with Crippen molar-refractivity contribution in [2.45, 2.75) is 33.0 Å². The van der Waals surface area contributed by atoms with Gasteiger partial charge in [0, 0.05) is 0 Å². The summed E-state index contributed by atoms with van der Waals surface area (Å²) in [7, 11) is 0. The molecule has 0 radical (unpaired) electrons. The van der Waals surface area contributed by atoms with Crippen molar-refractivity contribution in [1.82, 2.24) is 0 Å². The minimum Gasteiger partial charge on any atom is -0.394 e. The molecule has 0 aromatic heterocycles. The van der Waals surface area contributed by atoms with E-state index >= 15 is 0 Å². The standard InChI is InChI=1S/C8H18O3/c1-7(2)10-4-5-11-8(3)6-9/h7-9H,4-6H2,1-3H3. The van der Waals surface area contributed by atoms with E-state index in [0.717, 1.165) is 0 Å². The highest BCUT2D eigenvalue weighted by Crippen LogP contribution is 1.91. The van der Waals surface area contributed by atoms with Gasteiger partial charge < -0.3 is 14.6 Å². The van der Waals surface area contributed by atoms with Crippen molar-refractivity contribution in [2.24, 2.45) is 0 Å². The van der Waals surface area contributed by atoms with Gasteiger partial charge in [0.05, 0.1) is 32.0 Å². The van der Waals surface area contributed by atoms with Crippen molar-refractivity contribution in [3.8, 4) is 0 Å². The monoisotopic (exact) mass is 162 g/mol. The molecule has 11 heavy (non-hydrogen) atoms. The molecular formula is C8H18O3. The molecule has 0 heterocycles. The molecule has 1 unspecified atom stereocenters. The van der Waals surface area contributed by atoms with Gasteiger partial charge in [0.15, 0.2) is 0 Å². The summed E-state index contributed by atoms with van der Waals surface area (Å²) < 4.78 is 10.4. The molecule has 3 nitrogen and oxygen atoms in total. The molecule has 0 bridgehead atoms. The van der Waals surface area contributed by atoms with E-state index in [2.05, 4.69) is 0 Å². The number of hydrogen-bond donors (Lipinski definition) is 1. The molecule has 0 rings (SSSR count). The summed E-state index contributed by atoms with van der Waals surface area (Å²) >= 11 is 0. The Morgan fingerprint density at radius 2 is 1.64 bits per heavy atom. The summed E-state index contributed by atoms with van der Waals surface area (Å²) in [5.74, 6) is 0. The second-order valence-corrected chi connectivity index (χ2v) is 2.78. The van der Waals surface area contributed by atoms with Crippen molar-refractivity contribution in [3.05, 3.63) is 0 Å². The second kappa shape index (κ2) is 6.58. The lowest BCUT2D eigenvalue weighted by Crippen LogP contribution is -2.17. The van der Waals surface area contributed by atoms with Gasteiger partial charge in [-0.25, -0.2) is 0 Å². The van der Waals surface area contributed by atoms with Gasteiger partial charge in [-0.15, -0.1) is 0 Å². The quantitative estimate of drug-likeness (QED) is 0.587. The minimum atomic E-state index is -0.0780. The van der Waals surface area contributed by atoms with Crippen LogP contribution in [0.3, 0.4) is 0 Å². The lowest BCUT2D eigenvalue weighted by Gasteiger charge is -2.11. The van der Waals surface area contributed by atoms with Gasteiger partial charge in [-0.2, -0.15) is 0 Å². The van der Waals surface area contributed by atoms with Gasteiger partial charge in [0.1, 0.15) is 0 Å². The Morgan fingerprint density at radius 1 is 1.09 bits per heavy atom. The van der Waals surface area contributed by atoms with Crippen LogP contribution in [-0.4, -0.2) is 37.1 Å². The molecule has 1 N–H and O–H groups in total. The highest BCUT2D eigenvalue weighted by atomic mass is 16.5. The van der Waals surface area contributed by atoms with E-state index in [9.17, 15) is 0 Å². The maximum atomic E-state index is 8.58. The van der Waals surface area contributed by atoms with E-state index in [1.54, 1.807) is 0 Å². The Kier molecular flexibility index (Phi) is 6.51. The van der Waals surface area contributed by atoms with Gasteiger partial charge >= 0.3 is 0 Å². The van der Waals surface area contributed by atoms with E-state index in [1.165, 1.54) is 0 Å². The highest BCUT2D eigenvalue weighted by Gasteiger charge is 1.98.